The Hall–Kier alpha value is -4.09. The van der Waals surface area contributed by atoms with Gasteiger partial charge in [0.15, 0.2) is 11.5 Å². The number of alkyl carbamates (subject to hydrolysis) is 1. The molecule has 3 heterocycles. The molecule has 216 valence electrons. The van der Waals surface area contributed by atoms with Crippen LogP contribution in [0.5, 0.6) is 5.75 Å². The first-order chi connectivity index (χ1) is 18.4. The average molecular weight is 557 g/mol. The largest absolute Gasteiger partial charge is 0.485 e. The van der Waals surface area contributed by atoms with Crippen molar-refractivity contribution in [1.29, 1.82) is 0 Å². The van der Waals surface area contributed by atoms with Gasteiger partial charge in [-0.25, -0.2) is 23.5 Å². The first-order valence-corrected chi connectivity index (χ1v) is 13.1. The molecule has 1 aromatic carbocycles. The van der Waals surface area contributed by atoms with Crippen LogP contribution in [0.1, 0.15) is 82.9 Å². The van der Waals surface area contributed by atoms with Crippen molar-refractivity contribution in [3.05, 3.63) is 46.9 Å². The van der Waals surface area contributed by atoms with E-state index < -0.39 is 40.7 Å². The Bertz CT molecular complexity index is 1460. The maximum atomic E-state index is 14.7. The van der Waals surface area contributed by atoms with Gasteiger partial charge >= 0.3 is 12.1 Å². The normalized spacial score (nSPS) is 17.6. The number of nitrogen functional groups attached to an aromatic ring is 1. The summed E-state index contributed by atoms with van der Waals surface area (Å²) in [6.45, 7) is 14.5. The van der Waals surface area contributed by atoms with Gasteiger partial charge in [-0.05, 0) is 73.6 Å². The number of carbonyl (C=O) groups excluding carboxylic acids is 2. The zero-order chi connectivity index (χ0) is 29.6. The molecule has 2 aromatic heterocycles. The summed E-state index contributed by atoms with van der Waals surface area (Å²) in [7, 11) is 0. The minimum absolute atomic E-state index is 0.00238. The molecule has 0 fully saturated rings. The highest BCUT2D eigenvalue weighted by molar-refractivity contribution is 6.01. The van der Waals surface area contributed by atoms with Crippen LogP contribution in [-0.4, -0.2) is 50.0 Å². The van der Waals surface area contributed by atoms with Crippen molar-refractivity contribution in [3.63, 3.8) is 0 Å². The smallest absolute Gasteiger partial charge is 0.407 e. The number of nitrogens with zero attached hydrogens (tertiary/aromatic N) is 3. The van der Waals surface area contributed by atoms with Gasteiger partial charge in [0.2, 0.25) is 0 Å². The highest BCUT2D eigenvalue weighted by Gasteiger charge is 2.38. The lowest BCUT2D eigenvalue weighted by Crippen LogP contribution is -2.45. The predicted molar refractivity (Wildman–Crippen MR) is 148 cm³/mol. The van der Waals surface area contributed by atoms with E-state index in [4.69, 9.17) is 19.9 Å². The van der Waals surface area contributed by atoms with Gasteiger partial charge in [-0.1, -0.05) is 0 Å². The highest BCUT2D eigenvalue weighted by atomic mass is 19.1. The molecule has 0 unspecified atom stereocenters. The number of rotatable bonds is 6. The van der Waals surface area contributed by atoms with Gasteiger partial charge in [0.1, 0.15) is 39.8 Å². The van der Waals surface area contributed by atoms with Crippen molar-refractivity contribution in [2.24, 2.45) is 0 Å². The number of nitrogens with one attached hydrogen (secondary N) is 2. The van der Waals surface area contributed by atoms with Crippen LogP contribution in [-0.2, 0) is 15.9 Å². The van der Waals surface area contributed by atoms with Crippen molar-refractivity contribution in [2.45, 2.75) is 84.7 Å². The van der Waals surface area contributed by atoms with Crippen LogP contribution >= 0.6 is 0 Å². The molecular weight excluding hydrogens is 519 g/mol. The van der Waals surface area contributed by atoms with Crippen LogP contribution in [0.4, 0.5) is 20.8 Å². The number of anilines is 2. The summed E-state index contributed by atoms with van der Waals surface area (Å²) in [6.07, 6.45) is 1.46. The van der Waals surface area contributed by atoms with Crippen molar-refractivity contribution in [3.8, 4) is 5.75 Å². The Morgan fingerprint density at radius 2 is 1.88 bits per heavy atom. The molecule has 0 saturated carbocycles. The number of carbonyl (C=O) groups is 2. The summed E-state index contributed by atoms with van der Waals surface area (Å²) in [4.78, 5) is 29.5. The number of nitrogens with two attached hydrogens (primary N) is 1. The summed E-state index contributed by atoms with van der Waals surface area (Å²) in [6, 6.07) is 4.08. The average Bonchev–Trinajstić information content (AvgIpc) is 3.30. The third-order valence-corrected chi connectivity index (χ3v) is 6.02. The van der Waals surface area contributed by atoms with Crippen molar-refractivity contribution in [2.75, 3.05) is 17.6 Å². The van der Waals surface area contributed by atoms with Gasteiger partial charge < -0.3 is 30.6 Å². The van der Waals surface area contributed by atoms with Gasteiger partial charge in [0.25, 0.3) is 0 Å². The van der Waals surface area contributed by atoms with E-state index in [1.54, 1.807) is 53.8 Å². The zero-order valence-corrected chi connectivity index (χ0v) is 24.1. The quantitative estimate of drug-likeness (QED) is 0.365. The molecule has 0 bridgehead atoms. The summed E-state index contributed by atoms with van der Waals surface area (Å²) >= 11 is 0. The number of hydrogen-bond acceptors (Lipinski definition) is 9. The summed E-state index contributed by atoms with van der Waals surface area (Å²) in [5.41, 5.74) is 5.42. The maximum absolute atomic E-state index is 14.7. The Balaban J connectivity index is 1.55. The molecule has 11 nitrogen and oxygen atoms in total. The van der Waals surface area contributed by atoms with Gasteiger partial charge in [-0.15, -0.1) is 5.10 Å². The minimum atomic E-state index is -0.796. The Kier molecular flexibility index (Phi) is 7.33. The monoisotopic (exact) mass is 556 g/mol. The van der Waals surface area contributed by atoms with E-state index >= 15 is 0 Å². The number of esters is 1. The molecular formula is C28H37FN6O5. The van der Waals surface area contributed by atoms with Crippen LogP contribution in [0.3, 0.4) is 0 Å². The van der Waals surface area contributed by atoms with Gasteiger partial charge in [-0.3, -0.25) is 0 Å². The summed E-state index contributed by atoms with van der Waals surface area (Å²) in [5, 5.41) is 10.2. The fourth-order valence-electron chi connectivity index (χ4n) is 4.46. The van der Waals surface area contributed by atoms with E-state index in [0.29, 0.717) is 29.1 Å². The number of hydrogen-bond donors (Lipinski definition) is 3. The van der Waals surface area contributed by atoms with Crippen molar-refractivity contribution < 1.29 is 28.2 Å². The molecule has 0 aliphatic carbocycles. The second-order valence-electron chi connectivity index (χ2n) is 12.3. The van der Waals surface area contributed by atoms with E-state index in [1.165, 1.54) is 16.6 Å². The lowest BCUT2D eigenvalue weighted by Gasteiger charge is -2.27. The Morgan fingerprint density at radius 3 is 2.52 bits per heavy atom. The van der Waals surface area contributed by atoms with Crippen LogP contribution in [0.2, 0.25) is 0 Å². The van der Waals surface area contributed by atoms with Gasteiger partial charge in [-0.2, -0.15) is 0 Å². The highest BCUT2D eigenvalue weighted by Crippen LogP contribution is 2.41. The second kappa shape index (κ2) is 10.1. The molecule has 4 rings (SSSR count). The Morgan fingerprint density at radius 1 is 1.20 bits per heavy atom. The number of ether oxygens (including phenoxy) is 3. The van der Waals surface area contributed by atoms with Gasteiger partial charge in [0, 0.05) is 23.7 Å². The molecule has 1 aliphatic rings. The standard InChI is InChI=1S/C28H37FN6O5/c1-15(32-19-9-10-35-23(33-19)20(22(30)34-35)24(36)39-26(2,3)4)18-12-17(29)11-16-13-28(8,38-21(16)18)14-31-25(37)40-27(5,6)7/h9-12,15H,13-14H2,1-8H3,(H2,30,34)(H,31,37)(H,32,33)/t15-,28-/m1/s1. The third-order valence-electron chi connectivity index (χ3n) is 6.02. The molecule has 1 aliphatic heterocycles. The number of aromatic nitrogens is 3. The maximum Gasteiger partial charge on any atom is 0.407 e. The lowest BCUT2D eigenvalue weighted by atomic mass is 9.97. The van der Waals surface area contributed by atoms with Crippen molar-refractivity contribution in [1.82, 2.24) is 19.9 Å². The predicted octanol–water partition coefficient (Wildman–Crippen LogP) is 4.80. The van der Waals surface area contributed by atoms with Gasteiger partial charge in [0.05, 0.1) is 12.6 Å². The van der Waals surface area contributed by atoms with E-state index in [2.05, 4.69) is 20.7 Å². The fourth-order valence-corrected chi connectivity index (χ4v) is 4.46. The Labute approximate surface area is 232 Å². The number of amides is 1. The summed E-state index contributed by atoms with van der Waals surface area (Å²) < 4.78 is 33.2. The molecule has 40 heavy (non-hydrogen) atoms. The molecule has 0 spiro atoms. The molecule has 12 heteroatoms. The van der Waals surface area contributed by atoms with Crippen LogP contribution < -0.4 is 21.1 Å². The first kappa shape index (κ1) is 28.9. The number of benzene rings is 1. The molecule has 0 saturated heterocycles. The molecule has 2 atom stereocenters. The second-order valence-corrected chi connectivity index (χ2v) is 12.3. The minimum Gasteiger partial charge on any atom is -0.485 e. The van der Waals surface area contributed by atoms with Crippen molar-refractivity contribution >= 4 is 29.3 Å². The number of halogens is 1. The molecule has 1 amide bonds. The lowest BCUT2D eigenvalue weighted by molar-refractivity contribution is 0.00724. The SMILES string of the molecule is C[C@@H](Nc1ccn2nc(N)c(C(=O)OC(C)(C)C)c2n1)c1cc(F)cc2c1O[C@@](C)(CNC(=O)OC(C)(C)C)C2. The summed E-state index contributed by atoms with van der Waals surface area (Å²) in [5.74, 6) is -0.0838. The third kappa shape index (κ3) is 6.54. The van der Waals surface area contributed by atoms with Crippen LogP contribution in [0.15, 0.2) is 24.4 Å². The molecule has 4 N–H and O–H groups in total. The molecule has 0 radical (unpaired) electrons. The topological polar surface area (TPSA) is 142 Å². The fraction of sp³-hybridized carbons (Fsp3) is 0.500. The van der Waals surface area contributed by atoms with E-state index in [0.717, 1.165) is 0 Å². The van der Waals surface area contributed by atoms with E-state index in [9.17, 15) is 14.0 Å². The van der Waals surface area contributed by atoms with Crippen LogP contribution in [0.25, 0.3) is 5.65 Å². The van der Waals surface area contributed by atoms with E-state index in [-0.39, 0.29) is 23.6 Å². The first-order valence-electron chi connectivity index (χ1n) is 13.1. The van der Waals surface area contributed by atoms with Crippen LogP contribution in [0, 0.1) is 5.82 Å². The number of fused-ring (bicyclic) bond motifs is 2. The zero-order valence-electron chi connectivity index (χ0n) is 24.1. The van der Waals surface area contributed by atoms with E-state index in [1.807, 2.05) is 13.8 Å². The molecule has 3 aromatic rings.